The number of aromatic nitrogens is 4. The van der Waals surface area contributed by atoms with E-state index in [1.807, 2.05) is 12.1 Å². The first-order valence-corrected chi connectivity index (χ1v) is 21.4. The molecule has 11 aromatic rings. The molecule has 0 N–H and O–H groups in total. The van der Waals surface area contributed by atoms with Crippen molar-refractivity contribution in [3.05, 3.63) is 224 Å². The largest absolute Gasteiger partial charge is 0.313 e. The zero-order valence-electron chi connectivity index (χ0n) is 34.0. The lowest BCUT2D eigenvalue weighted by molar-refractivity contribution is 0.992. The summed E-state index contributed by atoms with van der Waals surface area (Å²) in [5, 5.41) is 5.01. The van der Waals surface area contributed by atoms with Crippen LogP contribution < -0.4 is 0 Å². The summed E-state index contributed by atoms with van der Waals surface area (Å²) in [6, 6.07) is 73.7. The lowest BCUT2D eigenvalue weighted by atomic mass is 9.95. The van der Waals surface area contributed by atoms with Crippen molar-refractivity contribution in [3.8, 4) is 50.7 Å². The average molecular weight is 793 g/mol. The van der Waals surface area contributed by atoms with Gasteiger partial charge in [0.05, 0.1) is 33.5 Å². The minimum atomic E-state index is 0.702. The fourth-order valence-corrected chi connectivity index (χ4v) is 9.45. The Morgan fingerprint density at radius 1 is 0.323 bits per heavy atom. The zero-order chi connectivity index (χ0) is 41.0. The van der Waals surface area contributed by atoms with Gasteiger partial charge in [-0.2, -0.15) is 0 Å². The van der Waals surface area contributed by atoms with Gasteiger partial charge in [0.25, 0.3) is 0 Å². The summed E-state index contributed by atoms with van der Waals surface area (Å²) in [5.74, 6) is 0.702. The van der Waals surface area contributed by atoms with Crippen LogP contribution in [0.2, 0.25) is 0 Å². The van der Waals surface area contributed by atoms with Crippen LogP contribution in [0.5, 0.6) is 0 Å². The van der Waals surface area contributed by atoms with Crippen LogP contribution >= 0.6 is 0 Å². The quantitative estimate of drug-likeness (QED) is 0.161. The minimum Gasteiger partial charge on any atom is -0.313 e. The highest BCUT2D eigenvalue weighted by Gasteiger charge is 2.19. The summed E-state index contributed by atoms with van der Waals surface area (Å²) in [4.78, 5) is 10.2. The van der Waals surface area contributed by atoms with Gasteiger partial charge in [0.2, 0.25) is 0 Å². The molecule has 0 fully saturated rings. The molecule has 8 aromatic carbocycles. The number of hydrogen-bond acceptors (Lipinski definition) is 2. The molecule has 0 unspecified atom stereocenters. The van der Waals surface area contributed by atoms with Crippen molar-refractivity contribution >= 4 is 54.9 Å². The second-order valence-electron chi connectivity index (χ2n) is 16.1. The van der Waals surface area contributed by atoms with E-state index in [1.165, 1.54) is 71.6 Å². The average Bonchev–Trinajstić information content (AvgIpc) is 3.87. The maximum absolute atomic E-state index is 5.08. The fraction of sp³-hybridized carbons (Fsp3) is 0.0345. The van der Waals surface area contributed by atoms with Crippen LogP contribution in [0.1, 0.15) is 18.4 Å². The van der Waals surface area contributed by atoms with Crippen LogP contribution in [0.3, 0.4) is 0 Å². The molecule has 1 aliphatic carbocycles. The Labute approximate surface area is 360 Å². The van der Waals surface area contributed by atoms with Gasteiger partial charge in [-0.1, -0.05) is 152 Å². The first-order valence-electron chi connectivity index (χ1n) is 21.4. The lowest BCUT2D eigenvalue weighted by Crippen LogP contribution is -2.01. The molecule has 0 saturated carbocycles. The van der Waals surface area contributed by atoms with Gasteiger partial charge < -0.3 is 9.13 Å². The number of allylic oxidation sites excluding steroid dienone is 4. The van der Waals surface area contributed by atoms with Crippen LogP contribution in [0, 0.1) is 0 Å². The summed E-state index contributed by atoms with van der Waals surface area (Å²) >= 11 is 0. The molecule has 292 valence electrons. The Morgan fingerprint density at radius 3 is 1.48 bits per heavy atom. The molecule has 1 aliphatic rings. The third-order valence-corrected chi connectivity index (χ3v) is 12.5. The molecule has 4 heteroatoms. The number of fused-ring (bicyclic) bond motifs is 6. The predicted octanol–water partition coefficient (Wildman–Crippen LogP) is 15.1. The molecular formula is C58H40N4. The van der Waals surface area contributed by atoms with Gasteiger partial charge in [-0.05, 0) is 102 Å². The Kier molecular flexibility index (Phi) is 8.60. The van der Waals surface area contributed by atoms with Crippen LogP contribution in [-0.2, 0) is 0 Å². The normalized spacial score (nSPS) is 12.9. The molecule has 0 spiro atoms. The van der Waals surface area contributed by atoms with Gasteiger partial charge >= 0.3 is 0 Å². The van der Waals surface area contributed by atoms with Crippen molar-refractivity contribution in [3.63, 3.8) is 0 Å². The van der Waals surface area contributed by atoms with Crippen molar-refractivity contribution in [1.29, 1.82) is 0 Å². The van der Waals surface area contributed by atoms with Crippen LogP contribution in [0.25, 0.3) is 106 Å². The van der Waals surface area contributed by atoms with Crippen LogP contribution in [0.15, 0.2) is 218 Å². The highest BCUT2D eigenvalue weighted by atomic mass is 15.0. The van der Waals surface area contributed by atoms with Gasteiger partial charge in [-0.3, -0.25) is 0 Å². The van der Waals surface area contributed by atoms with Gasteiger partial charge in [0.1, 0.15) is 0 Å². The number of benzene rings is 8. The maximum Gasteiger partial charge on any atom is 0.160 e. The third-order valence-electron chi connectivity index (χ3n) is 12.5. The fourth-order valence-electron chi connectivity index (χ4n) is 9.45. The highest BCUT2D eigenvalue weighted by molar-refractivity contribution is 6.13. The van der Waals surface area contributed by atoms with Gasteiger partial charge in [0, 0.05) is 49.6 Å². The van der Waals surface area contributed by atoms with Gasteiger partial charge in [-0.25, -0.2) is 9.97 Å². The van der Waals surface area contributed by atoms with E-state index in [0.29, 0.717) is 5.82 Å². The SMILES string of the molecule is C1=C(c2ccccc2)CCC(n2c3ccccc3c3ccc(-c4ccc5c(c4)c4ccccc4n5-c4ccc(-c5nc(-c6ccccc6)cc(-c6ccccc6)n5)cc4)cc32)=C1. The molecule has 12 rings (SSSR count). The van der Waals surface area contributed by atoms with E-state index in [9.17, 15) is 0 Å². The topological polar surface area (TPSA) is 35.6 Å². The predicted molar refractivity (Wildman–Crippen MR) is 259 cm³/mol. The standard InChI is InChI=1S/C58H40N4/c1-4-14-39(15-5-1)40-24-30-47(31-25-40)62-54-22-12-10-20-48(54)50-34-28-45(37-57(50)62)44-29-35-56-51(36-44)49-21-11-13-23-55(49)61(56)46-32-26-43(27-33-46)58-59-52(41-16-6-2-7-17-41)38-53(60-58)42-18-8-3-9-19-42/h1-24,26-30,32-38H,25,31H2. The Morgan fingerprint density at radius 2 is 0.839 bits per heavy atom. The molecular weight excluding hydrogens is 753 g/mol. The molecule has 0 bridgehead atoms. The number of hydrogen-bond donors (Lipinski definition) is 0. The monoisotopic (exact) mass is 792 g/mol. The molecule has 62 heavy (non-hydrogen) atoms. The van der Waals surface area contributed by atoms with E-state index >= 15 is 0 Å². The molecule has 4 nitrogen and oxygen atoms in total. The van der Waals surface area contributed by atoms with E-state index in [0.717, 1.165) is 46.6 Å². The van der Waals surface area contributed by atoms with Crippen molar-refractivity contribution in [1.82, 2.24) is 19.1 Å². The summed E-state index contributed by atoms with van der Waals surface area (Å²) < 4.78 is 4.87. The van der Waals surface area contributed by atoms with Gasteiger partial charge in [0.15, 0.2) is 5.82 Å². The van der Waals surface area contributed by atoms with E-state index in [2.05, 4.69) is 215 Å². The first kappa shape index (κ1) is 35.8. The van der Waals surface area contributed by atoms with Crippen molar-refractivity contribution in [2.24, 2.45) is 0 Å². The molecule has 3 heterocycles. The van der Waals surface area contributed by atoms with Crippen LogP contribution in [0.4, 0.5) is 0 Å². The van der Waals surface area contributed by atoms with Crippen molar-refractivity contribution in [2.75, 3.05) is 0 Å². The Hall–Kier alpha value is -8.08. The van der Waals surface area contributed by atoms with E-state index in [4.69, 9.17) is 9.97 Å². The van der Waals surface area contributed by atoms with E-state index in [1.54, 1.807) is 0 Å². The van der Waals surface area contributed by atoms with Crippen LogP contribution in [-0.4, -0.2) is 19.1 Å². The third kappa shape index (κ3) is 6.15. The first-order chi connectivity index (χ1) is 30.7. The Balaban J connectivity index is 0.939. The van der Waals surface area contributed by atoms with Gasteiger partial charge in [-0.15, -0.1) is 0 Å². The molecule has 0 amide bonds. The molecule has 0 aliphatic heterocycles. The van der Waals surface area contributed by atoms with Crippen molar-refractivity contribution < 1.29 is 0 Å². The van der Waals surface area contributed by atoms with E-state index in [-0.39, 0.29) is 0 Å². The second kappa shape index (κ2) is 14.9. The number of rotatable bonds is 7. The summed E-state index contributed by atoms with van der Waals surface area (Å²) in [6.45, 7) is 0. The molecule has 0 radical (unpaired) electrons. The lowest BCUT2D eigenvalue weighted by Gasteiger charge is -2.18. The molecule has 3 aromatic heterocycles. The maximum atomic E-state index is 5.08. The second-order valence-corrected chi connectivity index (χ2v) is 16.1. The molecule has 0 saturated heterocycles. The number of nitrogens with zero attached hydrogens (tertiary/aromatic N) is 4. The summed E-state index contributed by atoms with van der Waals surface area (Å²) in [5.41, 5.74) is 17.2. The van der Waals surface area contributed by atoms with Crippen molar-refractivity contribution in [2.45, 2.75) is 12.8 Å². The Bertz CT molecular complexity index is 3480. The van der Waals surface area contributed by atoms with E-state index < -0.39 is 0 Å². The number of para-hydroxylation sites is 2. The smallest absolute Gasteiger partial charge is 0.160 e. The minimum absolute atomic E-state index is 0.702. The summed E-state index contributed by atoms with van der Waals surface area (Å²) in [7, 11) is 0. The zero-order valence-corrected chi connectivity index (χ0v) is 34.0. The summed E-state index contributed by atoms with van der Waals surface area (Å²) in [6.07, 6.45) is 6.63. The highest BCUT2D eigenvalue weighted by Crippen LogP contribution is 2.40. The molecule has 0 atom stereocenters.